The molecule has 0 atom stereocenters. The summed E-state index contributed by atoms with van der Waals surface area (Å²) in [7, 11) is -2.96. The first kappa shape index (κ1) is 12.5. The van der Waals surface area contributed by atoms with Crippen LogP contribution in [0.3, 0.4) is 0 Å². The van der Waals surface area contributed by atoms with Crippen molar-refractivity contribution < 1.29 is 8.42 Å². The fraction of sp³-hybridized carbons (Fsp3) is 0.333. The summed E-state index contributed by atoms with van der Waals surface area (Å²) in [4.78, 5) is 0.891. The molecule has 0 aliphatic carbocycles. The van der Waals surface area contributed by atoms with Gasteiger partial charge in [-0.25, -0.2) is 8.42 Å². The van der Waals surface area contributed by atoms with E-state index in [-0.39, 0.29) is 11.5 Å². The van der Waals surface area contributed by atoms with Gasteiger partial charge < -0.3 is 5.73 Å². The van der Waals surface area contributed by atoms with E-state index in [1.165, 1.54) is 11.3 Å². The van der Waals surface area contributed by atoms with Gasteiger partial charge in [-0.1, -0.05) is 25.1 Å². The molecule has 0 spiro atoms. The van der Waals surface area contributed by atoms with E-state index in [9.17, 15) is 8.42 Å². The number of rotatable bonds is 4. The zero-order valence-corrected chi connectivity index (χ0v) is 11.3. The molecule has 5 heteroatoms. The Balaban J connectivity index is 2.45. The zero-order valence-electron chi connectivity index (χ0n) is 9.64. The molecule has 1 aromatic carbocycles. The Morgan fingerprint density at radius 3 is 2.76 bits per heavy atom. The van der Waals surface area contributed by atoms with Crippen LogP contribution in [0.2, 0.25) is 0 Å². The van der Waals surface area contributed by atoms with E-state index >= 15 is 0 Å². The van der Waals surface area contributed by atoms with Crippen molar-refractivity contribution in [2.24, 2.45) is 5.73 Å². The summed E-state index contributed by atoms with van der Waals surface area (Å²) >= 11 is 1.53. The lowest BCUT2D eigenvalue weighted by Gasteiger charge is -1.97. The second-order valence-electron chi connectivity index (χ2n) is 3.93. The van der Waals surface area contributed by atoms with Crippen LogP contribution in [0.25, 0.3) is 10.1 Å². The minimum Gasteiger partial charge on any atom is -0.326 e. The SMILES string of the molecule is CCS(=O)(=O)Cc1cc2cccc(CN)c2s1. The van der Waals surface area contributed by atoms with Crippen molar-refractivity contribution >= 4 is 31.3 Å². The second-order valence-corrected chi connectivity index (χ2v) is 7.42. The molecule has 2 rings (SSSR count). The van der Waals surface area contributed by atoms with Crippen LogP contribution in [0.4, 0.5) is 0 Å². The number of fused-ring (bicyclic) bond motifs is 1. The molecule has 0 aliphatic heterocycles. The maximum absolute atomic E-state index is 11.6. The Labute approximate surface area is 105 Å². The number of benzene rings is 1. The molecule has 0 bridgehead atoms. The van der Waals surface area contributed by atoms with Gasteiger partial charge in [-0.15, -0.1) is 11.3 Å². The van der Waals surface area contributed by atoms with Crippen LogP contribution in [0.5, 0.6) is 0 Å². The molecule has 17 heavy (non-hydrogen) atoms. The molecule has 0 saturated carbocycles. The van der Waals surface area contributed by atoms with Gasteiger partial charge in [0.25, 0.3) is 0 Å². The summed E-state index contributed by atoms with van der Waals surface area (Å²) in [5.41, 5.74) is 6.74. The van der Waals surface area contributed by atoms with E-state index in [1.807, 2.05) is 24.3 Å². The van der Waals surface area contributed by atoms with Crippen molar-refractivity contribution in [3.8, 4) is 0 Å². The first-order chi connectivity index (χ1) is 8.05. The monoisotopic (exact) mass is 269 g/mol. The summed E-state index contributed by atoms with van der Waals surface area (Å²) in [6.07, 6.45) is 0. The molecule has 1 heterocycles. The third-order valence-corrected chi connectivity index (χ3v) is 5.74. The molecule has 0 saturated heterocycles. The molecule has 0 fully saturated rings. The maximum atomic E-state index is 11.6. The van der Waals surface area contributed by atoms with Gasteiger partial charge in [-0.2, -0.15) is 0 Å². The van der Waals surface area contributed by atoms with Gasteiger partial charge in [0, 0.05) is 21.9 Å². The Hall–Kier alpha value is -0.910. The molecule has 0 unspecified atom stereocenters. The van der Waals surface area contributed by atoms with Crippen molar-refractivity contribution in [3.63, 3.8) is 0 Å². The average molecular weight is 269 g/mol. The predicted molar refractivity (Wildman–Crippen MR) is 72.9 cm³/mol. The number of hydrogen-bond acceptors (Lipinski definition) is 4. The molecule has 2 aromatic rings. The van der Waals surface area contributed by atoms with Gasteiger partial charge in [0.15, 0.2) is 9.84 Å². The van der Waals surface area contributed by atoms with E-state index < -0.39 is 9.84 Å². The second kappa shape index (κ2) is 4.76. The Morgan fingerprint density at radius 1 is 1.35 bits per heavy atom. The highest BCUT2D eigenvalue weighted by molar-refractivity contribution is 7.90. The summed E-state index contributed by atoms with van der Waals surface area (Å²) in [6.45, 7) is 2.16. The van der Waals surface area contributed by atoms with Gasteiger partial charge in [0.1, 0.15) is 0 Å². The fourth-order valence-electron chi connectivity index (χ4n) is 1.73. The largest absolute Gasteiger partial charge is 0.326 e. The van der Waals surface area contributed by atoms with Crippen LogP contribution in [0, 0.1) is 0 Å². The molecule has 2 N–H and O–H groups in total. The van der Waals surface area contributed by atoms with Crippen molar-refractivity contribution in [2.45, 2.75) is 19.2 Å². The molecule has 0 radical (unpaired) electrons. The smallest absolute Gasteiger partial charge is 0.154 e. The molecule has 3 nitrogen and oxygen atoms in total. The van der Waals surface area contributed by atoms with Gasteiger partial charge in [-0.3, -0.25) is 0 Å². The average Bonchev–Trinajstić information content (AvgIpc) is 2.70. The minimum absolute atomic E-state index is 0.132. The Morgan fingerprint density at radius 2 is 2.12 bits per heavy atom. The molecule has 0 amide bonds. The maximum Gasteiger partial charge on any atom is 0.154 e. The Kier molecular flexibility index (Phi) is 3.51. The van der Waals surface area contributed by atoms with Crippen molar-refractivity contribution in [3.05, 3.63) is 34.7 Å². The van der Waals surface area contributed by atoms with Gasteiger partial charge in [-0.05, 0) is 17.0 Å². The number of nitrogens with two attached hydrogens (primary N) is 1. The topological polar surface area (TPSA) is 60.2 Å². The van der Waals surface area contributed by atoms with E-state index in [1.54, 1.807) is 6.92 Å². The normalized spacial score (nSPS) is 12.1. The van der Waals surface area contributed by atoms with E-state index in [0.29, 0.717) is 6.54 Å². The van der Waals surface area contributed by atoms with E-state index in [4.69, 9.17) is 5.73 Å². The van der Waals surface area contributed by atoms with Gasteiger partial charge in [0.05, 0.1) is 5.75 Å². The first-order valence-electron chi connectivity index (χ1n) is 5.46. The summed E-state index contributed by atoms with van der Waals surface area (Å²) in [6, 6.07) is 7.88. The third-order valence-electron chi connectivity index (χ3n) is 2.70. The van der Waals surface area contributed by atoms with Crippen molar-refractivity contribution in [1.82, 2.24) is 0 Å². The lowest BCUT2D eigenvalue weighted by molar-refractivity contribution is 0.597. The first-order valence-corrected chi connectivity index (χ1v) is 8.10. The molecule has 1 aromatic heterocycles. The number of thiophene rings is 1. The van der Waals surface area contributed by atoms with Gasteiger partial charge >= 0.3 is 0 Å². The molecule has 92 valence electrons. The van der Waals surface area contributed by atoms with Gasteiger partial charge in [0.2, 0.25) is 0 Å². The number of sulfone groups is 1. The summed E-state index contributed by atoms with van der Waals surface area (Å²) in [5, 5.41) is 1.08. The highest BCUT2D eigenvalue weighted by Crippen LogP contribution is 2.29. The lowest BCUT2D eigenvalue weighted by Crippen LogP contribution is -2.04. The number of hydrogen-bond donors (Lipinski definition) is 1. The Bertz CT molecular complexity index is 629. The minimum atomic E-state index is -2.96. The highest BCUT2D eigenvalue weighted by atomic mass is 32.2. The molecular formula is C12H15NO2S2. The van der Waals surface area contributed by atoms with Crippen molar-refractivity contribution in [2.75, 3.05) is 5.75 Å². The van der Waals surface area contributed by atoms with Crippen LogP contribution in [-0.4, -0.2) is 14.2 Å². The van der Waals surface area contributed by atoms with Crippen LogP contribution in [-0.2, 0) is 22.1 Å². The van der Waals surface area contributed by atoms with E-state index in [2.05, 4.69) is 0 Å². The van der Waals surface area contributed by atoms with Crippen LogP contribution >= 0.6 is 11.3 Å². The predicted octanol–water partition coefficient (Wildman–Crippen LogP) is 2.29. The lowest BCUT2D eigenvalue weighted by atomic mass is 10.1. The quantitative estimate of drug-likeness (QED) is 0.926. The van der Waals surface area contributed by atoms with E-state index in [0.717, 1.165) is 20.5 Å². The molecular weight excluding hydrogens is 254 g/mol. The standard InChI is InChI=1S/C12H15NO2S2/c1-2-17(14,15)8-11-6-9-4-3-5-10(7-13)12(9)16-11/h3-6H,2,7-8,13H2,1H3. The fourth-order valence-corrected chi connectivity index (χ4v) is 4.20. The highest BCUT2D eigenvalue weighted by Gasteiger charge is 2.12. The summed E-state index contributed by atoms with van der Waals surface area (Å²) < 4.78 is 24.3. The van der Waals surface area contributed by atoms with Crippen LogP contribution in [0.1, 0.15) is 17.4 Å². The van der Waals surface area contributed by atoms with Crippen LogP contribution in [0.15, 0.2) is 24.3 Å². The summed E-state index contributed by atoms with van der Waals surface area (Å²) in [5.74, 6) is 0.317. The zero-order chi connectivity index (χ0) is 12.5. The van der Waals surface area contributed by atoms with Crippen LogP contribution < -0.4 is 5.73 Å². The third kappa shape index (κ3) is 2.68. The van der Waals surface area contributed by atoms with Crippen molar-refractivity contribution in [1.29, 1.82) is 0 Å². The molecule has 0 aliphatic rings.